The molecule has 1 N–H and O–H groups in total. The van der Waals surface area contributed by atoms with E-state index < -0.39 is 0 Å². The van der Waals surface area contributed by atoms with Gasteiger partial charge in [-0.15, -0.1) is 0 Å². The number of hydrogen-bond donors (Lipinski definition) is 0. The maximum Gasteiger partial charge on any atom is 0.256 e. The van der Waals surface area contributed by atoms with Gasteiger partial charge in [0, 0.05) is 13.1 Å². The Labute approximate surface area is 102 Å². The van der Waals surface area contributed by atoms with E-state index in [2.05, 4.69) is 22.1 Å². The first-order valence-corrected chi connectivity index (χ1v) is 6.37. The highest BCUT2D eigenvalue weighted by molar-refractivity contribution is 5.19. The van der Waals surface area contributed by atoms with Crippen LogP contribution in [0.3, 0.4) is 0 Å². The number of aromatic nitrogens is 2. The van der Waals surface area contributed by atoms with E-state index in [9.17, 15) is 0 Å². The summed E-state index contributed by atoms with van der Waals surface area (Å²) in [6.07, 6.45) is 5.50. The van der Waals surface area contributed by atoms with Crippen molar-refractivity contribution in [1.82, 2.24) is 10.2 Å². The monoisotopic (exact) mass is 239 g/mol. The van der Waals surface area contributed by atoms with Gasteiger partial charge in [0.1, 0.15) is 5.88 Å². The fourth-order valence-corrected chi connectivity index (χ4v) is 2.12. The van der Waals surface area contributed by atoms with Gasteiger partial charge in [0.25, 0.3) is 6.20 Å². The van der Waals surface area contributed by atoms with E-state index in [4.69, 9.17) is 10.3 Å². The summed E-state index contributed by atoms with van der Waals surface area (Å²) in [7, 11) is 0. The quantitative estimate of drug-likeness (QED) is 0.570. The number of hydrogen-bond acceptors (Lipinski definition) is 4. The van der Waals surface area contributed by atoms with Gasteiger partial charge in [-0.1, -0.05) is 19.8 Å². The van der Waals surface area contributed by atoms with Gasteiger partial charge in [-0.05, 0) is 13.0 Å². The molecule has 0 spiro atoms. The number of rotatable bonds is 5. The normalized spacial score (nSPS) is 17.6. The lowest BCUT2D eigenvalue weighted by Crippen LogP contribution is -2.65. The van der Waals surface area contributed by atoms with Crippen LogP contribution >= 0.6 is 0 Å². The van der Waals surface area contributed by atoms with E-state index in [1.807, 2.05) is 0 Å². The molecule has 1 aliphatic heterocycles. The molecule has 6 nitrogen and oxygen atoms in total. The second-order valence-corrected chi connectivity index (χ2v) is 4.49. The molecule has 1 saturated heterocycles. The van der Waals surface area contributed by atoms with Gasteiger partial charge in [0.15, 0.2) is 0 Å². The lowest BCUT2D eigenvalue weighted by atomic mass is 10.2. The Hall–Kier alpha value is -1.30. The van der Waals surface area contributed by atoms with Crippen LogP contribution < -0.4 is 9.80 Å². The Bertz CT molecular complexity index is 332. The van der Waals surface area contributed by atoms with E-state index in [-0.39, 0.29) is 5.88 Å². The number of nitrogens with zero attached hydrogens (tertiary/aromatic N) is 4. The summed E-state index contributed by atoms with van der Waals surface area (Å²) in [5.41, 5.74) is 7.30. The third kappa shape index (κ3) is 3.33. The second-order valence-electron chi connectivity index (χ2n) is 4.49. The van der Waals surface area contributed by atoms with E-state index in [1.165, 1.54) is 25.8 Å². The van der Waals surface area contributed by atoms with Crippen molar-refractivity contribution in [3.05, 3.63) is 11.9 Å². The zero-order chi connectivity index (χ0) is 12.1. The molecule has 0 saturated carbocycles. The predicted octanol–water partition coefficient (Wildman–Crippen LogP) is 1.09. The third-order valence-electron chi connectivity index (χ3n) is 3.17. The van der Waals surface area contributed by atoms with Crippen molar-refractivity contribution in [2.75, 3.05) is 37.7 Å². The standard InChI is InChI=1S/C11H21N5O/c1-2-3-4-5-14-6-8-15(9-7-14)16-10-11(12)17-13-16/h10,12H,2-9H2,1H3. The summed E-state index contributed by atoms with van der Waals surface area (Å²) in [5, 5.41) is 5.91. The van der Waals surface area contributed by atoms with Crippen molar-refractivity contribution in [1.29, 1.82) is 0 Å². The summed E-state index contributed by atoms with van der Waals surface area (Å²) in [5.74, 6) is 0.107. The third-order valence-corrected chi connectivity index (χ3v) is 3.17. The van der Waals surface area contributed by atoms with Gasteiger partial charge in [0.2, 0.25) is 5.27 Å². The fraction of sp³-hybridized carbons (Fsp3) is 0.818. The van der Waals surface area contributed by atoms with Crippen LogP contribution in [0.4, 0.5) is 5.88 Å². The first-order chi connectivity index (χ1) is 8.29. The molecule has 0 radical (unpaired) electrons. The van der Waals surface area contributed by atoms with Crippen LogP contribution in [0.15, 0.2) is 10.7 Å². The van der Waals surface area contributed by atoms with E-state index in [0.717, 1.165) is 26.2 Å². The Morgan fingerprint density at radius 3 is 2.71 bits per heavy atom. The molecule has 0 unspecified atom stereocenters. The summed E-state index contributed by atoms with van der Waals surface area (Å²) in [4.78, 5) is 4.14. The molecule has 0 atom stereocenters. The summed E-state index contributed by atoms with van der Waals surface area (Å²) in [6.45, 7) is 7.46. The zero-order valence-corrected chi connectivity index (χ0v) is 10.4. The first kappa shape index (κ1) is 12.2. The summed E-state index contributed by atoms with van der Waals surface area (Å²) < 4.78 is 4.75. The SMILES string of the molecule is CCCCCN1CCN([n+]2cc([NH-])on2)CC1. The van der Waals surface area contributed by atoms with Crippen LogP contribution in [0, 0.1) is 0 Å². The minimum Gasteiger partial charge on any atom is -0.660 e. The molecular formula is C11H21N5O. The van der Waals surface area contributed by atoms with Crippen molar-refractivity contribution in [3.8, 4) is 0 Å². The highest BCUT2D eigenvalue weighted by atomic mass is 16.5. The van der Waals surface area contributed by atoms with Crippen LogP contribution in [-0.4, -0.2) is 42.9 Å². The van der Waals surface area contributed by atoms with Crippen molar-refractivity contribution >= 4 is 5.88 Å². The first-order valence-electron chi connectivity index (χ1n) is 6.37. The van der Waals surface area contributed by atoms with Gasteiger partial charge in [0.05, 0.1) is 17.9 Å². The molecule has 0 amide bonds. The Morgan fingerprint density at radius 2 is 2.12 bits per heavy atom. The van der Waals surface area contributed by atoms with E-state index in [1.54, 1.807) is 11.0 Å². The largest absolute Gasteiger partial charge is 0.660 e. The smallest absolute Gasteiger partial charge is 0.256 e. The van der Waals surface area contributed by atoms with Crippen LogP contribution in [-0.2, 0) is 0 Å². The molecule has 2 rings (SSSR count). The van der Waals surface area contributed by atoms with Crippen molar-refractivity contribution < 1.29 is 9.31 Å². The minimum atomic E-state index is 0.107. The summed E-state index contributed by atoms with van der Waals surface area (Å²) >= 11 is 0. The predicted molar refractivity (Wildman–Crippen MR) is 64.6 cm³/mol. The average molecular weight is 239 g/mol. The van der Waals surface area contributed by atoms with Gasteiger partial charge >= 0.3 is 0 Å². The lowest BCUT2D eigenvalue weighted by molar-refractivity contribution is -0.759. The topological polar surface area (TPSA) is 60.2 Å². The van der Waals surface area contributed by atoms with Gasteiger partial charge in [-0.3, -0.25) is 4.90 Å². The molecule has 1 aromatic rings. The number of nitrogens with one attached hydrogen (secondary N) is 1. The highest BCUT2D eigenvalue weighted by Gasteiger charge is 2.23. The Morgan fingerprint density at radius 1 is 1.35 bits per heavy atom. The molecule has 0 bridgehead atoms. The van der Waals surface area contributed by atoms with Crippen LogP contribution in [0.25, 0.3) is 5.73 Å². The molecule has 0 aromatic carbocycles. The van der Waals surface area contributed by atoms with Crippen molar-refractivity contribution in [3.63, 3.8) is 0 Å². The molecule has 1 aliphatic rings. The Kier molecular flexibility index (Phi) is 4.19. The molecule has 1 fully saturated rings. The Balaban J connectivity index is 1.74. The molecule has 96 valence electrons. The maximum atomic E-state index is 7.30. The molecule has 6 heteroatoms. The van der Waals surface area contributed by atoms with Crippen molar-refractivity contribution in [2.24, 2.45) is 0 Å². The lowest BCUT2D eigenvalue weighted by Gasteiger charge is -2.29. The molecule has 0 aliphatic carbocycles. The van der Waals surface area contributed by atoms with E-state index >= 15 is 0 Å². The van der Waals surface area contributed by atoms with Gasteiger partial charge in [-0.2, -0.15) is 5.01 Å². The highest BCUT2D eigenvalue weighted by Crippen LogP contribution is 2.04. The number of unbranched alkanes of at least 4 members (excludes halogenated alkanes) is 2. The maximum absolute atomic E-state index is 7.30. The van der Waals surface area contributed by atoms with Crippen LogP contribution in [0.5, 0.6) is 0 Å². The van der Waals surface area contributed by atoms with Crippen molar-refractivity contribution in [2.45, 2.75) is 26.2 Å². The second kappa shape index (κ2) is 5.86. The van der Waals surface area contributed by atoms with E-state index in [0.29, 0.717) is 0 Å². The molecule has 17 heavy (non-hydrogen) atoms. The molecule has 1 aromatic heterocycles. The molecule has 2 heterocycles. The van der Waals surface area contributed by atoms with Crippen LogP contribution in [0.1, 0.15) is 26.2 Å². The van der Waals surface area contributed by atoms with Gasteiger partial charge < -0.3 is 10.3 Å². The minimum absolute atomic E-state index is 0.107. The fourth-order valence-electron chi connectivity index (χ4n) is 2.12. The average Bonchev–Trinajstić information content (AvgIpc) is 2.77. The zero-order valence-electron chi connectivity index (χ0n) is 10.4. The molecular weight excluding hydrogens is 218 g/mol. The summed E-state index contributed by atoms with van der Waals surface area (Å²) in [6, 6.07) is 0. The number of piperazine rings is 1. The van der Waals surface area contributed by atoms with Gasteiger partial charge in [-0.25, -0.2) is 0 Å². The van der Waals surface area contributed by atoms with Crippen LogP contribution in [0.2, 0.25) is 0 Å².